The van der Waals surface area contributed by atoms with Crippen LogP contribution in [0.15, 0.2) is 42.5 Å². The number of benzene rings is 2. The Morgan fingerprint density at radius 3 is 2.60 bits per heavy atom. The summed E-state index contributed by atoms with van der Waals surface area (Å²) >= 11 is 11.7. The molecule has 1 atom stereocenters. The molecule has 20 heavy (non-hydrogen) atoms. The van der Waals surface area contributed by atoms with Gasteiger partial charge in [-0.3, -0.25) is 0 Å². The van der Waals surface area contributed by atoms with E-state index in [1.165, 1.54) is 6.07 Å². The van der Waals surface area contributed by atoms with Gasteiger partial charge in [0.25, 0.3) is 0 Å². The summed E-state index contributed by atoms with van der Waals surface area (Å²) in [5.41, 5.74) is 1.99. The van der Waals surface area contributed by atoms with Crippen molar-refractivity contribution in [2.45, 2.75) is 19.4 Å². The van der Waals surface area contributed by atoms with Gasteiger partial charge in [0.05, 0.1) is 5.02 Å². The molecule has 2 aromatic rings. The van der Waals surface area contributed by atoms with Gasteiger partial charge in [-0.15, -0.1) is 0 Å². The molecular weight excluding hydrogens is 296 g/mol. The predicted molar refractivity (Wildman–Crippen MR) is 83.0 cm³/mol. The van der Waals surface area contributed by atoms with E-state index < -0.39 is 0 Å². The molecule has 0 aliphatic carbocycles. The average Bonchev–Trinajstić information content (AvgIpc) is 2.42. The zero-order valence-corrected chi connectivity index (χ0v) is 12.7. The molecule has 4 heteroatoms. The minimum atomic E-state index is -0.384. The second-order valence-corrected chi connectivity index (χ2v) is 5.46. The summed E-state index contributed by atoms with van der Waals surface area (Å²) in [5.74, 6) is -0.384. The summed E-state index contributed by atoms with van der Waals surface area (Å²) in [5, 5.41) is 4.25. The van der Waals surface area contributed by atoms with Crippen molar-refractivity contribution in [3.63, 3.8) is 0 Å². The van der Waals surface area contributed by atoms with Gasteiger partial charge in [-0.2, -0.15) is 0 Å². The first-order chi connectivity index (χ1) is 9.60. The smallest absolute Gasteiger partial charge is 0.142 e. The van der Waals surface area contributed by atoms with E-state index in [1.807, 2.05) is 37.3 Å². The number of likely N-dealkylation sites (N-methyl/N-ethyl adjacent to an activating group) is 1. The van der Waals surface area contributed by atoms with Gasteiger partial charge in [0.1, 0.15) is 5.82 Å². The predicted octanol–water partition coefficient (Wildman–Crippen LogP) is 5.03. The second kappa shape index (κ2) is 7.07. The van der Waals surface area contributed by atoms with Crippen LogP contribution in [0, 0.1) is 5.82 Å². The Labute approximate surface area is 128 Å². The van der Waals surface area contributed by atoms with Crippen LogP contribution < -0.4 is 5.32 Å². The number of halogens is 3. The van der Waals surface area contributed by atoms with Crippen molar-refractivity contribution in [2.24, 2.45) is 0 Å². The second-order valence-electron chi connectivity index (χ2n) is 4.62. The van der Waals surface area contributed by atoms with Crippen LogP contribution in [0.1, 0.15) is 24.1 Å². The Morgan fingerprint density at radius 2 is 1.95 bits per heavy atom. The monoisotopic (exact) mass is 311 g/mol. The highest BCUT2D eigenvalue weighted by molar-refractivity contribution is 6.31. The third-order valence-corrected chi connectivity index (χ3v) is 3.67. The molecule has 0 fully saturated rings. The normalized spacial score (nSPS) is 12.4. The zero-order valence-electron chi connectivity index (χ0n) is 11.2. The van der Waals surface area contributed by atoms with Crippen molar-refractivity contribution in [2.75, 3.05) is 6.54 Å². The van der Waals surface area contributed by atoms with Crippen molar-refractivity contribution >= 4 is 23.2 Å². The van der Waals surface area contributed by atoms with Crippen LogP contribution in [0.5, 0.6) is 0 Å². The molecule has 0 bridgehead atoms. The lowest BCUT2D eigenvalue weighted by Crippen LogP contribution is -2.23. The average molecular weight is 312 g/mol. The maximum atomic E-state index is 13.5. The van der Waals surface area contributed by atoms with E-state index >= 15 is 0 Å². The Balaban J connectivity index is 2.22. The Morgan fingerprint density at radius 1 is 1.15 bits per heavy atom. The molecule has 0 saturated heterocycles. The number of rotatable bonds is 5. The minimum Gasteiger partial charge on any atom is -0.310 e. The number of nitrogens with one attached hydrogen (secondary N) is 1. The van der Waals surface area contributed by atoms with Crippen molar-refractivity contribution in [1.29, 1.82) is 0 Å². The largest absolute Gasteiger partial charge is 0.310 e. The summed E-state index contributed by atoms with van der Waals surface area (Å²) in [6.45, 7) is 2.87. The molecule has 1 N–H and O–H groups in total. The molecular formula is C16H16Cl2FN. The highest BCUT2D eigenvalue weighted by Crippen LogP contribution is 2.23. The number of hydrogen-bond acceptors (Lipinski definition) is 1. The molecule has 1 nitrogen and oxygen atoms in total. The Hall–Kier alpha value is -1.09. The lowest BCUT2D eigenvalue weighted by atomic mass is 9.99. The van der Waals surface area contributed by atoms with Gasteiger partial charge < -0.3 is 5.32 Å². The summed E-state index contributed by atoms with van der Waals surface area (Å²) < 4.78 is 13.5. The standard InChI is InChI=1S/C16H16Cl2FN/c1-2-20-16(12-4-3-5-13(17)10-12)9-11-6-7-14(18)15(19)8-11/h3-8,10,16,20H,2,9H2,1H3. The fraction of sp³-hybridized carbons (Fsp3) is 0.250. The molecule has 0 spiro atoms. The first-order valence-corrected chi connectivity index (χ1v) is 7.28. The maximum Gasteiger partial charge on any atom is 0.142 e. The maximum absolute atomic E-state index is 13.5. The molecule has 0 saturated carbocycles. The highest BCUT2D eigenvalue weighted by atomic mass is 35.5. The van der Waals surface area contributed by atoms with Gasteiger partial charge in [-0.1, -0.05) is 48.3 Å². The van der Waals surface area contributed by atoms with Gasteiger partial charge in [-0.05, 0) is 48.4 Å². The Bertz CT molecular complexity index is 586. The number of hydrogen-bond donors (Lipinski definition) is 1. The van der Waals surface area contributed by atoms with Crippen LogP contribution in [0.2, 0.25) is 10.0 Å². The third kappa shape index (κ3) is 3.95. The van der Waals surface area contributed by atoms with Crippen molar-refractivity contribution < 1.29 is 4.39 Å². The summed E-state index contributed by atoms with van der Waals surface area (Å²) in [6, 6.07) is 12.7. The third-order valence-electron chi connectivity index (χ3n) is 3.13. The quantitative estimate of drug-likeness (QED) is 0.817. The lowest BCUT2D eigenvalue weighted by Gasteiger charge is -2.19. The Kier molecular flexibility index (Phi) is 5.41. The molecule has 0 amide bonds. The molecule has 0 heterocycles. The van der Waals surface area contributed by atoms with E-state index in [9.17, 15) is 4.39 Å². The van der Waals surface area contributed by atoms with E-state index in [1.54, 1.807) is 6.07 Å². The first-order valence-electron chi connectivity index (χ1n) is 6.53. The van der Waals surface area contributed by atoms with Crippen LogP contribution >= 0.6 is 23.2 Å². The lowest BCUT2D eigenvalue weighted by molar-refractivity contribution is 0.547. The molecule has 2 aromatic carbocycles. The highest BCUT2D eigenvalue weighted by Gasteiger charge is 2.12. The van der Waals surface area contributed by atoms with Gasteiger partial charge in [0, 0.05) is 11.1 Å². The fourth-order valence-electron chi connectivity index (χ4n) is 2.18. The molecule has 1 unspecified atom stereocenters. The van der Waals surface area contributed by atoms with Crippen molar-refractivity contribution in [1.82, 2.24) is 5.32 Å². The van der Waals surface area contributed by atoms with E-state index in [0.29, 0.717) is 11.4 Å². The molecule has 2 rings (SSSR count). The van der Waals surface area contributed by atoms with Crippen molar-refractivity contribution in [3.05, 3.63) is 69.5 Å². The van der Waals surface area contributed by atoms with Crippen LogP contribution in [0.4, 0.5) is 4.39 Å². The fourth-order valence-corrected chi connectivity index (χ4v) is 2.50. The van der Waals surface area contributed by atoms with Gasteiger partial charge >= 0.3 is 0 Å². The molecule has 106 valence electrons. The molecule has 0 aromatic heterocycles. The van der Waals surface area contributed by atoms with E-state index in [-0.39, 0.29) is 16.9 Å². The van der Waals surface area contributed by atoms with Gasteiger partial charge in [0.15, 0.2) is 0 Å². The summed E-state index contributed by atoms with van der Waals surface area (Å²) in [7, 11) is 0. The van der Waals surface area contributed by atoms with Gasteiger partial charge in [0.2, 0.25) is 0 Å². The molecule has 0 radical (unpaired) electrons. The van der Waals surface area contributed by atoms with Crippen LogP contribution in [-0.2, 0) is 6.42 Å². The SMILES string of the molecule is CCNC(Cc1ccc(Cl)c(F)c1)c1cccc(Cl)c1. The van der Waals surface area contributed by atoms with Crippen LogP contribution in [0.25, 0.3) is 0 Å². The van der Waals surface area contributed by atoms with Crippen LogP contribution in [-0.4, -0.2) is 6.54 Å². The first kappa shape index (κ1) is 15.3. The van der Waals surface area contributed by atoms with E-state index in [4.69, 9.17) is 23.2 Å². The topological polar surface area (TPSA) is 12.0 Å². The summed E-state index contributed by atoms with van der Waals surface area (Å²) in [4.78, 5) is 0. The summed E-state index contributed by atoms with van der Waals surface area (Å²) in [6.07, 6.45) is 0.683. The van der Waals surface area contributed by atoms with E-state index in [2.05, 4.69) is 5.32 Å². The van der Waals surface area contributed by atoms with Crippen LogP contribution in [0.3, 0.4) is 0 Å². The molecule has 0 aliphatic rings. The minimum absolute atomic E-state index is 0.0966. The zero-order chi connectivity index (χ0) is 14.5. The van der Waals surface area contributed by atoms with Gasteiger partial charge in [-0.25, -0.2) is 4.39 Å². The van der Waals surface area contributed by atoms with E-state index in [0.717, 1.165) is 17.7 Å². The molecule has 0 aliphatic heterocycles. The van der Waals surface area contributed by atoms with Crippen molar-refractivity contribution in [3.8, 4) is 0 Å².